The van der Waals surface area contributed by atoms with Gasteiger partial charge in [0.15, 0.2) is 0 Å². The van der Waals surface area contributed by atoms with Crippen LogP contribution in [0, 0.1) is 0 Å². The highest BCUT2D eigenvalue weighted by Gasteiger charge is 2.30. The van der Waals surface area contributed by atoms with Crippen LogP contribution in [0.2, 0.25) is 0 Å². The van der Waals surface area contributed by atoms with Gasteiger partial charge in [-0.25, -0.2) is 9.59 Å². The third kappa shape index (κ3) is 12.0. The van der Waals surface area contributed by atoms with Crippen molar-refractivity contribution in [3.8, 4) is 0 Å². The van der Waals surface area contributed by atoms with Gasteiger partial charge in [-0.3, -0.25) is 9.59 Å². The van der Waals surface area contributed by atoms with Gasteiger partial charge >= 0.3 is 12.1 Å². The highest BCUT2D eigenvalue weighted by molar-refractivity contribution is 5.93. The Morgan fingerprint density at radius 1 is 0.769 bits per heavy atom. The molecule has 0 fully saturated rings. The number of ether oxygens (including phenoxy) is 1. The second kappa shape index (κ2) is 15.5. The average molecular weight is 540 g/mol. The van der Waals surface area contributed by atoms with Crippen molar-refractivity contribution in [3.63, 3.8) is 0 Å². The third-order valence-corrected chi connectivity index (χ3v) is 5.95. The van der Waals surface area contributed by atoms with E-state index in [9.17, 15) is 24.3 Å². The Bertz CT molecular complexity index is 1070. The van der Waals surface area contributed by atoms with Gasteiger partial charge in [-0.2, -0.15) is 0 Å². The van der Waals surface area contributed by atoms with Crippen LogP contribution in [0.25, 0.3) is 0 Å². The van der Waals surface area contributed by atoms with Crippen LogP contribution >= 0.6 is 0 Å². The molecule has 0 spiro atoms. The highest BCUT2D eigenvalue weighted by Crippen LogP contribution is 2.11. The van der Waals surface area contributed by atoms with Gasteiger partial charge in [-0.05, 0) is 51.2 Å². The molecule has 0 unspecified atom stereocenters. The number of unbranched alkanes of at least 4 members (excludes halogenated alkanes) is 1. The molecule has 2 aromatic rings. The Hall–Kier alpha value is -3.88. The SMILES string of the molecule is CCCC[C@@H](NC(=O)[C@@H](Cc1ccccc1)NC(=O)[C@@H](CCc1ccccc1)NC(=O)OC(C)(C)C)C(=O)O. The van der Waals surface area contributed by atoms with Crippen LogP contribution in [0.3, 0.4) is 0 Å². The van der Waals surface area contributed by atoms with Crippen LogP contribution in [-0.4, -0.2) is 52.7 Å². The molecule has 0 bridgehead atoms. The molecular formula is C30H41N3O6. The molecule has 0 heterocycles. The lowest BCUT2D eigenvalue weighted by Gasteiger charge is -2.26. The zero-order valence-electron chi connectivity index (χ0n) is 23.2. The van der Waals surface area contributed by atoms with E-state index in [1.54, 1.807) is 20.8 Å². The zero-order valence-corrected chi connectivity index (χ0v) is 23.2. The molecule has 0 saturated heterocycles. The number of benzene rings is 2. The fourth-order valence-corrected chi connectivity index (χ4v) is 3.94. The van der Waals surface area contributed by atoms with Crippen molar-refractivity contribution < 1.29 is 29.0 Å². The number of aryl methyl sites for hydroxylation is 1. The summed E-state index contributed by atoms with van der Waals surface area (Å²) in [6.45, 7) is 7.11. The Labute approximate surface area is 230 Å². The monoisotopic (exact) mass is 539 g/mol. The number of carbonyl (C=O) groups is 4. The van der Waals surface area contributed by atoms with E-state index in [0.29, 0.717) is 12.8 Å². The topological polar surface area (TPSA) is 134 Å². The summed E-state index contributed by atoms with van der Waals surface area (Å²) in [6.07, 6.45) is 1.87. The molecule has 212 valence electrons. The fraction of sp³-hybridized carbons (Fsp3) is 0.467. The number of amides is 3. The first-order valence-corrected chi connectivity index (χ1v) is 13.4. The van der Waals surface area contributed by atoms with Crippen molar-refractivity contribution in [2.75, 3.05) is 0 Å². The lowest BCUT2D eigenvalue weighted by atomic mass is 10.0. The van der Waals surface area contributed by atoms with Crippen molar-refractivity contribution in [3.05, 3.63) is 71.8 Å². The Balaban J connectivity index is 2.24. The zero-order chi connectivity index (χ0) is 28.8. The summed E-state index contributed by atoms with van der Waals surface area (Å²) in [5, 5.41) is 17.6. The maximum atomic E-state index is 13.5. The van der Waals surface area contributed by atoms with E-state index in [4.69, 9.17) is 4.74 Å². The summed E-state index contributed by atoms with van der Waals surface area (Å²) in [7, 11) is 0. The molecule has 4 N–H and O–H groups in total. The number of carbonyl (C=O) groups excluding carboxylic acids is 3. The van der Waals surface area contributed by atoms with Crippen molar-refractivity contribution in [2.24, 2.45) is 0 Å². The minimum atomic E-state index is -1.13. The summed E-state index contributed by atoms with van der Waals surface area (Å²) in [6, 6.07) is 15.6. The average Bonchev–Trinajstić information content (AvgIpc) is 2.88. The maximum absolute atomic E-state index is 13.5. The molecule has 0 radical (unpaired) electrons. The quantitative estimate of drug-likeness (QED) is 0.287. The van der Waals surface area contributed by atoms with Gasteiger partial charge in [-0.15, -0.1) is 0 Å². The number of nitrogens with one attached hydrogen (secondary N) is 3. The van der Waals surface area contributed by atoms with Gasteiger partial charge in [0.1, 0.15) is 23.7 Å². The van der Waals surface area contributed by atoms with Gasteiger partial charge in [0, 0.05) is 6.42 Å². The van der Waals surface area contributed by atoms with E-state index in [2.05, 4.69) is 16.0 Å². The van der Waals surface area contributed by atoms with E-state index >= 15 is 0 Å². The van der Waals surface area contributed by atoms with Crippen LogP contribution in [0.5, 0.6) is 0 Å². The van der Waals surface area contributed by atoms with Gasteiger partial charge < -0.3 is 25.8 Å². The summed E-state index contributed by atoms with van der Waals surface area (Å²) in [5.74, 6) is -2.29. The second-order valence-electron chi connectivity index (χ2n) is 10.5. The van der Waals surface area contributed by atoms with Gasteiger partial charge in [0.25, 0.3) is 0 Å². The molecule has 0 saturated carbocycles. The molecule has 0 aliphatic heterocycles. The van der Waals surface area contributed by atoms with Gasteiger partial charge in [0.2, 0.25) is 11.8 Å². The Morgan fingerprint density at radius 3 is 1.85 bits per heavy atom. The first kappa shape index (κ1) is 31.3. The molecule has 9 heteroatoms. The molecule has 0 aliphatic carbocycles. The Kier molecular flexibility index (Phi) is 12.5. The predicted octanol–water partition coefficient (Wildman–Crippen LogP) is 4.00. The van der Waals surface area contributed by atoms with Crippen LogP contribution in [0.1, 0.15) is 64.5 Å². The van der Waals surface area contributed by atoms with E-state index in [1.807, 2.05) is 67.6 Å². The molecule has 39 heavy (non-hydrogen) atoms. The van der Waals surface area contributed by atoms with Gasteiger partial charge in [0.05, 0.1) is 0 Å². The van der Waals surface area contributed by atoms with Crippen molar-refractivity contribution in [1.29, 1.82) is 0 Å². The van der Waals surface area contributed by atoms with Crippen LogP contribution in [0.15, 0.2) is 60.7 Å². The largest absolute Gasteiger partial charge is 0.480 e. The standard InChI is InChI=1S/C30H41N3O6/c1-5-6-17-24(28(36)37)31-27(35)25(20-22-15-11-8-12-16-22)32-26(34)23(33-29(38)39-30(2,3)4)19-18-21-13-9-7-10-14-21/h7-16,23-25H,5-6,17-20H2,1-4H3,(H,31,35)(H,32,34)(H,33,38)(H,36,37)/t23-,24-,25-/m1/s1. The lowest BCUT2D eigenvalue weighted by Crippen LogP contribution is -2.56. The van der Waals surface area contributed by atoms with Crippen molar-refractivity contribution >= 4 is 23.9 Å². The number of aliphatic carboxylic acids is 1. The minimum Gasteiger partial charge on any atom is -0.480 e. The molecule has 2 rings (SSSR count). The first-order chi connectivity index (χ1) is 18.5. The van der Waals surface area contributed by atoms with Crippen LogP contribution in [0.4, 0.5) is 4.79 Å². The maximum Gasteiger partial charge on any atom is 0.408 e. The summed E-state index contributed by atoms with van der Waals surface area (Å²) in [5.41, 5.74) is 1.02. The number of hydrogen-bond donors (Lipinski definition) is 4. The number of carboxylic acid groups (broad SMARTS) is 1. The minimum absolute atomic E-state index is 0.149. The van der Waals surface area contributed by atoms with E-state index in [0.717, 1.165) is 17.5 Å². The van der Waals surface area contributed by atoms with Crippen LogP contribution in [-0.2, 0) is 32.0 Å². The number of rotatable bonds is 14. The molecule has 2 aromatic carbocycles. The summed E-state index contributed by atoms with van der Waals surface area (Å²) < 4.78 is 5.36. The normalized spacial score (nSPS) is 13.4. The number of hydrogen-bond acceptors (Lipinski definition) is 5. The third-order valence-electron chi connectivity index (χ3n) is 5.95. The second-order valence-corrected chi connectivity index (χ2v) is 10.5. The van der Waals surface area contributed by atoms with E-state index < -0.39 is 47.6 Å². The Morgan fingerprint density at radius 2 is 1.31 bits per heavy atom. The van der Waals surface area contributed by atoms with E-state index in [-0.39, 0.29) is 19.3 Å². The highest BCUT2D eigenvalue weighted by atomic mass is 16.6. The molecular weight excluding hydrogens is 498 g/mol. The van der Waals surface area contributed by atoms with Gasteiger partial charge in [-0.1, -0.05) is 80.4 Å². The molecule has 9 nitrogen and oxygen atoms in total. The summed E-state index contributed by atoms with van der Waals surface area (Å²) >= 11 is 0. The van der Waals surface area contributed by atoms with Crippen molar-refractivity contribution in [2.45, 2.75) is 89.9 Å². The van der Waals surface area contributed by atoms with E-state index in [1.165, 1.54) is 0 Å². The van der Waals surface area contributed by atoms with Crippen LogP contribution < -0.4 is 16.0 Å². The number of alkyl carbamates (subject to hydrolysis) is 1. The molecule has 0 aromatic heterocycles. The molecule has 3 atom stereocenters. The molecule has 3 amide bonds. The predicted molar refractivity (Wildman–Crippen MR) is 149 cm³/mol. The lowest BCUT2D eigenvalue weighted by molar-refractivity contribution is -0.142. The summed E-state index contributed by atoms with van der Waals surface area (Å²) in [4.78, 5) is 51.1. The number of carboxylic acids is 1. The van der Waals surface area contributed by atoms with Crippen molar-refractivity contribution in [1.82, 2.24) is 16.0 Å². The molecule has 0 aliphatic rings. The fourth-order valence-electron chi connectivity index (χ4n) is 3.94. The smallest absolute Gasteiger partial charge is 0.408 e. The first-order valence-electron chi connectivity index (χ1n) is 13.4.